The first-order chi connectivity index (χ1) is 13.9. The van der Waals surface area contributed by atoms with Crippen LogP contribution in [0, 0.1) is 5.82 Å². The minimum Gasteiger partial charge on any atom is -0.497 e. The van der Waals surface area contributed by atoms with Crippen molar-refractivity contribution in [2.45, 2.75) is 20.0 Å². The van der Waals surface area contributed by atoms with E-state index in [4.69, 9.17) is 14.2 Å². The van der Waals surface area contributed by atoms with E-state index < -0.39 is 11.7 Å². The predicted octanol–water partition coefficient (Wildman–Crippen LogP) is 4.27. The predicted molar refractivity (Wildman–Crippen MR) is 107 cm³/mol. The first-order valence-corrected chi connectivity index (χ1v) is 8.96. The molecule has 1 aromatic heterocycles. The lowest BCUT2D eigenvalue weighted by molar-refractivity contribution is 0.102. The van der Waals surface area contributed by atoms with Crippen LogP contribution in [-0.2, 0) is 0 Å². The van der Waals surface area contributed by atoms with E-state index >= 15 is 0 Å². The van der Waals surface area contributed by atoms with Gasteiger partial charge in [-0.2, -0.15) is 5.10 Å². The van der Waals surface area contributed by atoms with E-state index in [0.717, 1.165) is 0 Å². The van der Waals surface area contributed by atoms with Crippen LogP contribution < -0.4 is 19.5 Å². The van der Waals surface area contributed by atoms with Crippen LogP contribution in [0.3, 0.4) is 0 Å². The molecule has 0 bridgehead atoms. The SMILES string of the molecule is COc1ccc(OC)c(NC(=O)c2cc(-c3ccc(F)cc3OC(C)C)n[nH]2)c1. The molecule has 2 N–H and O–H groups in total. The lowest BCUT2D eigenvalue weighted by Gasteiger charge is -2.13. The zero-order chi connectivity index (χ0) is 21.0. The largest absolute Gasteiger partial charge is 0.497 e. The Kier molecular flexibility index (Phi) is 6.01. The van der Waals surface area contributed by atoms with Gasteiger partial charge in [-0.25, -0.2) is 4.39 Å². The molecule has 3 rings (SSSR count). The van der Waals surface area contributed by atoms with Gasteiger partial charge in [0.05, 0.1) is 31.7 Å². The molecule has 0 saturated carbocycles. The Morgan fingerprint density at radius 3 is 2.55 bits per heavy atom. The highest BCUT2D eigenvalue weighted by Crippen LogP contribution is 2.32. The molecule has 3 aromatic rings. The van der Waals surface area contributed by atoms with Gasteiger partial charge in [-0.05, 0) is 44.2 Å². The highest BCUT2D eigenvalue weighted by Gasteiger charge is 2.17. The van der Waals surface area contributed by atoms with Gasteiger partial charge in [0.1, 0.15) is 28.8 Å². The van der Waals surface area contributed by atoms with Gasteiger partial charge in [-0.15, -0.1) is 0 Å². The molecule has 0 fully saturated rings. The van der Waals surface area contributed by atoms with Crippen LogP contribution in [0.15, 0.2) is 42.5 Å². The summed E-state index contributed by atoms with van der Waals surface area (Å²) in [4.78, 5) is 12.7. The summed E-state index contributed by atoms with van der Waals surface area (Å²) in [6.45, 7) is 3.69. The number of benzene rings is 2. The summed E-state index contributed by atoms with van der Waals surface area (Å²) in [5, 5.41) is 9.65. The topological polar surface area (TPSA) is 85.5 Å². The first kappa shape index (κ1) is 20.2. The van der Waals surface area contributed by atoms with Crippen molar-refractivity contribution in [3.8, 4) is 28.5 Å². The summed E-state index contributed by atoms with van der Waals surface area (Å²) < 4.78 is 29.8. The molecule has 0 unspecified atom stereocenters. The Morgan fingerprint density at radius 1 is 1.07 bits per heavy atom. The van der Waals surface area contributed by atoms with Gasteiger partial charge in [0, 0.05) is 17.7 Å². The van der Waals surface area contributed by atoms with Gasteiger partial charge < -0.3 is 19.5 Å². The van der Waals surface area contributed by atoms with E-state index in [1.807, 2.05) is 13.8 Å². The van der Waals surface area contributed by atoms with Crippen LogP contribution in [-0.4, -0.2) is 36.4 Å². The molecule has 0 aliphatic rings. The van der Waals surface area contributed by atoms with Gasteiger partial charge in [-0.3, -0.25) is 9.89 Å². The molecule has 0 radical (unpaired) electrons. The summed E-state index contributed by atoms with van der Waals surface area (Å²) >= 11 is 0. The third-order valence-corrected chi connectivity index (χ3v) is 4.06. The fourth-order valence-electron chi connectivity index (χ4n) is 2.74. The number of nitrogens with one attached hydrogen (secondary N) is 2. The van der Waals surface area contributed by atoms with Crippen LogP contribution >= 0.6 is 0 Å². The van der Waals surface area contributed by atoms with E-state index in [2.05, 4.69) is 15.5 Å². The second-order valence-corrected chi connectivity index (χ2v) is 6.49. The maximum absolute atomic E-state index is 13.6. The number of ether oxygens (including phenoxy) is 3. The lowest BCUT2D eigenvalue weighted by Crippen LogP contribution is -2.13. The van der Waals surface area contributed by atoms with Crippen LogP contribution in [0.4, 0.5) is 10.1 Å². The van der Waals surface area contributed by atoms with E-state index in [1.54, 1.807) is 30.3 Å². The zero-order valence-electron chi connectivity index (χ0n) is 16.6. The van der Waals surface area contributed by atoms with Crippen molar-refractivity contribution in [2.24, 2.45) is 0 Å². The summed E-state index contributed by atoms with van der Waals surface area (Å²) in [6, 6.07) is 10.8. The number of nitrogens with zero attached hydrogens (tertiary/aromatic N) is 1. The number of hydrogen-bond donors (Lipinski definition) is 2. The van der Waals surface area contributed by atoms with Crippen molar-refractivity contribution in [2.75, 3.05) is 19.5 Å². The van der Waals surface area contributed by atoms with E-state index in [1.165, 1.54) is 26.4 Å². The van der Waals surface area contributed by atoms with Crippen molar-refractivity contribution in [3.63, 3.8) is 0 Å². The average molecular weight is 399 g/mol. The molecular formula is C21H22FN3O4. The van der Waals surface area contributed by atoms with E-state index in [9.17, 15) is 9.18 Å². The summed E-state index contributed by atoms with van der Waals surface area (Å²) in [7, 11) is 3.05. The number of carbonyl (C=O) groups is 1. The Bertz CT molecular complexity index is 1020. The molecule has 0 aliphatic heterocycles. The highest BCUT2D eigenvalue weighted by atomic mass is 19.1. The van der Waals surface area contributed by atoms with Crippen molar-refractivity contribution >= 4 is 11.6 Å². The van der Waals surface area contributed by atoms with Crippen LogP contribution in [0.2, 0.25) is 0 Å². The second-order valence-electron chi connectivity index (χ2n) is 6.49. The summed E-state index contributed by atoms with van der Waals surface area (Å²) in [5.41, 5.74) is 1.72. The van der Waals surface area contributed by atoms with Gasteiger partial charge in [0.15, 0.2) is 0 Å². The van der Waals surface area contributed by atoms with Gasteiger partial charge in [0.25, 0.3) is 5.91 Å². The number of halogens is 1. The van der Waals surface area contributed by atoms with Gasteiger partial charge in [-0.1, -0.05) is 0 Å². The molecule has 0 spiro atoms. The fraction of sp³-hybridized carbons (Fsp3) is 0.238. The van der Waals surface area contributed by atoms with Crippen molar-refractivity contribution < 1.29 is 23.4 Å². The average Bonchev–Trinajstić information content (AvgIpc) is 3.17. The minimum absolute atomic E-state index is 0.141. The monoisotopic (exact) mass is 399 g/mol. The number of hydrogen-bond acceptors (Lipinski definition) is 5. The number of carbonyl (C=O) groups excluding carboxylic acids is 1. The van der Waals surface area contributed by atoms with Gasteiger partial charge in [0.2, 0.25) is 0 Å². The molecule has 0 saturated heterocycles. The number of amides is 1. The molecule has 0 aliphatic carbocycles. The van der Waals surface area contributed by atoms with Crippen molar-refractivity contribution in [1.82, 2.24) is 10.2 Å². The Balaban J connectivity index is 1.87. The quantitative estimate of drug-likeness (QED) is 0.620. The standard InChI is InChI=1S/C21H22FN3O4/c1-12(2)29-20-9-13(22)5-7-15(20)16-11-18(25-24-16)21(26)23-17-10-14(27-3)6-8-19(17)28-4/h5-12H,1-4H3,(H,23,26)(H,24,25). The molecule has 152 valence electrons. The highest BCUT2D eigenvalue weighted by molar-refractivity contribution is 6.04. The second kappa shape index (κ2) is 8.64. The first-order valence-electron chi connectivity index (χ1n) is 8.96. The molecule has 1 amide bonds. The third kappa shape index (κ3) is 4.66. The summed E-state index contributed by atoms with van der Waals surface area (Å²) in [6.07, 6.45) is -0.141. The molecule has 0 atom stereocenters. The third-order valence-electron chi connectivity index (χ3n) is 4.06. The zero-order valence-corrected chi connectivity index (χ0v) is 16.6. The molecule has 1 heterocycles. The molecule has 7 nitrogen and oxygen atoms in total. The van der Waals surface area contributed by atoms with E-state index in [-0.39, 0.29) is 11.8 Å². The fourth-order valence-corrected chi connectivity index (χ4v) is 2.74. The van der Waals surface area contributed by atoms with Crippen molar-refractivity contribution in [3.05, 3.63) is 54.0 Å². The number of H-pyrrole nitrogens is 1. The lowest BCUT2D eigenvalue weighted by atomic mass is 10.1. The smallest absolute Gasteiger partial charge is 0.273 e. The molecule has 29 heavy (non-hydrogen) atoms. The molecule has 2 aromatic carbocycles. The number of methoxy groups -OCH3 is 2. The minimum atomic E-state index is -0.414. The van der Waals surface area contributed by atoms with Crippen LogP contribution in [0.25, 0.3) is 11.3 Å². The number of aromatic nitrogens is 2. The Labute approximate surface area is 167 Å². The number of aromatic amines is 1. The maximum atomic E-state index is 13.6. The molecule has 8 heteroatoms. The Morgan fingerprint density at radius 2 is 1.86 bits per heavy atom. The van der Waals surface area contributed by atoms with Gasteiger partial charge >= 0.3 is 0 Å². The maximum Gasteiger partial charge on any atom is 0.273 e. The van der Waals surface area contributed by atoms with Crippen LogP contribution in [0.5, 0.6) is 17.2 Å². The number of rotatable bonds is 7. The number of anilines is 1. The summed E-state index contributed by atoms with van der Waals surface area (Å²) in [5.74, 6) is 0.595. The normalized spacial score (nSPS) is 10.7. The Hall–Kier alpha value is -3.55. The molecular weight excluding hydrogens is 377 g/mol. The van der Waals surface area contributed by atoms with Crippen molar-refractivity contribution in [1.29, 1.82) is 0 Å². The van der Waals surface area contributed by atoms with Crippen LogP contribution in [0.1, 0.15) is 24.3 Å². The van der Waals surface area contributed by atoms with E-state index in [0.29, 0.717) is 34.2 Å².